The molecule has 0 aliphatic carbocycles. The van der Waals surface area contributed by atoms with Crippen molar-refractivity contribution in [3.05, 3.63) is 92.9 Å². The lowest BCUT2D eigenvalue weighted by molar-refractivity contribution is -0.139. The Morgan fingerprint density at radius 2 is 1.62 bits per heavy atom. The molecule has 39 heavy (non-hydrogen) atoms. The first-order valence-electron chi connectivity index (χ1n) is 12.3. The Balaban J connectivity index is 2.06. The van der Waals surface area contributed by atoms with Crippen molar-refractivity contribution in [2.75, 3.05) is 17.4 Å². The molecule has 0 aromatic heterocycles. The molecule has 0 aliphatic rings. The van der Waals surface area contributed by atoms with Crippen LogP contribution in [0.2, 0.25) is 15.1 Å². The third kappa shape index (κ3) is 7.88. The molecule has 208 valence electrons. The number of rotatable bonds is 11. The summed E-state index contributed by atoms with van der Waals surface area (Å²) in [4.78, 5) is 28.1. The van der Waals surface area contributed by atoms with Crippen molar-refractivity contribution in [2.24, 2.45) is 0 Å². The van der Waals surface area contributed by atoms with Gasteiger partial charge in [-0.2, -0.15) is 0 Å². The number of anilines is 1. The van der Waals surface area contributed by atoms with E-state index < -0.39 is 28.5 Å². The van der Waals surface area contributed by atoms with Crippen LogP contribution in [0.15, 0.2) is 71.6 Å². The zero-order valence-corrected chi connectivity index (χ0v) is 24.9. The summed E-state index contributed by atoms with van der Waals surface area (Å²) in [5.41, 5.74) is 1.60. The van der Waals surface area contributed by atoms with Gasteiger partial charge in [0.1, 0.15) is 12.6 Å². The highest BCUT2D eigenvalue weighted by Crippen LogP contribution is 2.33. The number of sulfonamides is 1. The van der Waals surface area contributed by atoms with E-state index >= 15 is 0 Å². The van der Waals surface area contributed by atoms with Gasteiger partial charge in [-0.3, -0.25) is 13.9 Å². The maximum absolute atomic E-state index is 13.9. The predicted octanol–water partition coefficient (Wildman–Crippen LogP) is 6.09. The van der Waals surface area contributed by atoms with E-state index in [2.05, 4.69) is 5.32 Å². The highest BCUT2D eigenvalue weighted by molar-refractivity contribution is 7.92. The maximum Gasteiger partial charge on any atom is 0.264 e. The summed E-state index contributed by atoms with van der Waals surface area (Å²) in [6, 6.07) is 16.6. The van der Waals surface area contributed by atoms with Crippen LogP contribution in [0.1, 0.15) is 31.4 Å². The van der Waals surface area contributed by atoms with Gasteiger partial charge in [0, 0.05) is 23.1 Å². The van der Waals surface area contributed by atoms with Gasteiger partial charge in [-0.1, -0.05) is 71.6 Å². The van der Waals surface area contributed by atoms with E-state index in [4.69, 9.17) is 34.8 Å². The molecular formula is C28H30Cl3N3O4S. The van der Waals surface area contributed by atoms with E-state index in [1.165, 1.54) is 35.2 Å². The number of benzene rings is 3. The Morgan fingerprint density at radius 1 is 0.949 bits per heavy atom. The highest BCUT2D eigenvalue weighted by Gasteiger charge is 2.33. The van der Waals surface area contributed by atoms with Gasteiger partial charge in [-0.15, -0.1) is 0 Å². The molecule has 7 nitrogen and oxygen atoms in total. The van der Waals surface area contributed by atoms with Gasteiger partial charge in [-0.05, 0) is 68.3 Å². The summed E-state index contributed by atoms with van der Waals surface area (Å²) in [6.07, 6.45) is 0.719. The summed E-state index contributed by atoms with van der Waals surface area (Å²) < 4.78 is 28.7. The van der Waals surface area contributed by atoms with Crippen molar-refractivity contribution in [2.45, 2.75) is 44.7 Å². The number of nitrogens with zero attached hydrogens (tertiary/aromatic N) is 2. The minimum atomic E-state index is -4.26. The third-order valence-corrected chi connectivity index (χ3v) is 8.59. The molecule has 2 amide bonds. The SMILES string of the molecule is CCCNC(=O)[C@@H](C)N(Cc1cccc(Cl)c1)C(=O)CN(c1cc(Cl)ccc1Cl)S(=O)(=O)c1ccc(C)cc1. The molecule has 0 heterocycles. The molecule has 0 spiro atoms. The monoisotopic (exact) mass is 609 g/mol. The number of hydrogen-bond acceptors (Lipinski definition) is 4. The van der Waals surface area contributed by atoms with Crippen molar-refractivity contribution >= 4 is 62.3 Å². The topological polar surface area (TPSA) is 86.8 Å². The van der Waals surface area contributed by atoms with Crippen molar-refractivity contribution < 1.29 is 18.0 Å². The second kappa shape index (κ2) is 13.5. The van der Waals surface area contributed by atoms with Gasteiger partial charge >= 0.3 is 0 Å². The van der Waals surface area contributed by atoms with Gasteiger partial charge in [-0.25, -0.2) is 8.42 Å². The van der Waals surface area contributed by atoms with Crippen LogP contribution in [-0.2, 0) is 26.2 Å². The highest BCUT2D eigenvalue weighted by atomic mass is 35.5. The molecular weight excluding hydrogens is 581 g/mol. The smallest absolute Gasteiger partial charge is 0.264 e. The molecule has 0 unspecified atom stereocenters. The van der Waals surface area contributed by atoms with Crippen LogP contribution in [0.5, 0.6) is 0 Å². The molecule has 0 bridgehead atoms. The molecule has 1 atom stereocenters. The normalized spacial score (nSPS) is 12.1. The van der Waals surface area contributed by atoms with Crippen molar-refractivity contribution in [1.82, 2.24) is 10.2 Å². The summed E-state index contributed by atoms with van der Waals surface area (Å²) in [5, 5.41) is 3.61. The molecule has 0 radical (unpaired) electrons. The van der Waals surface area contributed by atoms with Gasteiger partial charge < -0.3 is 10.2 Å². The molecule has 11 heteroatoms. The first kappa shape index (κ1) is 30.8. The number of hydrogen-bond donors (Lipinski definition) is 1. The van der Waals surface area contributed by atoms with E-state index in [1.54, 1.807) is 43.3 Å². The maximum atomic E-state index is 13.9. The fourth-order valence-electron chi connectivity index (χ4n) is 3.84. The van der Waals surface area contributed by atoms with Crippen molar-refractivity contribution in [1.29, 1.82) is 0 Å². The second-order valence-corrected chi connectivity index (χ2v) is 12.2. The molecule has 1 N–H and O–H groups in total. The second-order valence-electron chi connectivity index (χ2n) is 9.04. The Labute approximate surface area is 244 Å². The van der Waals surface area contributed by atoms with Gasteiger partial charge in [0.25, 0.3) is 10.0 Å². The van der Waals surface area contributed by atoms with Crippen LogP contribution in [-0.4, -0.2) is 44.3 Å². The first-order chi connectivity index (χ1) is 18.4. The van der Waals surface area contributed by atoms with E-state index in [0.29, 0.717) is 17.1 Å². The van der Waals surface area contributed by atoms with Crippen LogP contribution >= 0.6 is 34.8 Å². The molecule has 3 rings (SSSR count). The van der Waals surface area contributed by atoms with E-state index in [9.17, 15) is 18.0 Å². The fraction of sp³-hybridized carbons (Fsp3) is 0.286. The third-order valence-electron chi connectivity index (χ3n) is 6.02. The minimum absolute atomic E-state index is 0.0212. The van der Waals surface area contributed by atoms with Gasteiger partial charge in [0.2, 0.25) is 11.8 Å². The Kier molecular flexibility index (Phi) is 10.7. The van der Waals surface area contributed by atoms with Gasteiger partial charge in [0.05, 0.1) is 15.6 Å². The van der Waals surface area contributed by atoms with Crippen molar-refractivity contribution in [3.63, 3.8) is 0 Å². The predicted molar refractivity (Wildman–Crippen MR) is 157 cm³/mol. The Hall–Kier alpha value is -2.78. The number of amides is 2. The number of aryl methyl sites for hydroxylation is 1. The first-order valence-corrected chi connectivity index (χ1v) is 14.9. The zero-order valence-electron chi connectivity index (χ0n) is 21.8. The largest absolute Gasteiger partial charge is 0.354 e. The lowest BCUT2D eigenvalue weighted by Gasteiger charge is -2.32. The summed E-state index contributed by atoms with van der Waals surface area (Å²) in [7, 11) is -4.26. The van der Waals surface area contributed by atoms with Crippen molar-refractivity contribution in [3.8, 4) is 0 Å². The van der Waals surface area contributed by atoms with E-state index in [-0.39, 0.29) is 33.1 Å². The average molecular weight is 611 g/mol. The van der Waals surface area contributed by atoms with Crippen LogP contribution in [0, 0.1) is 6.92 Å². The van der Waals surface area contributed by atoms with Crippen LogP contribution in [0.4, 0.5) is 5.69 Å². The summed E-state index contributed by atoms with van der Waals surface area (Å²) >= 11 is 18.8. The molecule has 0 saturated heterocycles. The Bertz CT molecular complexity index is 1430. The molecule has 3 aromatic carbocycles. The number of halogens is 3. The van der Waals surface area contributed by atoms with Gasteiger partial charge in [0.15, 0.2) is 0 Å². The standard InChI is InChI=1S/C28H30Cl3N3O4S/c1-4-14-32-28(36)20(3)33(17-21-6-5-7-22(29)15-21)27(35)18-34(26-16-23(30)10-13-25(26)31)39(37,38)24-11-8-19(2)9-12-24/h5-13,15-16,20H,4,14,17-18H2,1-3H3,(H,32,36)/t20-/m1/s1. The number of carbonyl (C=O) groups excluding carboxylic acids is 2. The van der Waals surface area contributed by atoms with Crippen LogP contribution in [0.25, 0.3) is 0 Å². The number of nitrogens with one attached hydrogen (secondary N) is 1. The Morgan fingerprint density at radius 3 is 2.26 bits per heavy atom. The lowest BCUT2D eigenvalue weighted by atomic mass is 10.1. The van der Waals surface area contributed by atoms with Crippen LogP contribution in [0.3, 0.4) is 0 Å². The zero-order chi connectivity index (χ0) is 28.7. The molecule has 0 saturated carbocycles. The fourth-order valence-corrected chi connectivity index (χ4v) is 5.91. The molecule has 3 aromatic rings. The van der Waals surface area contributed by atoms with E-state index in [0.717, 1.165) is 16.3 Å². The lowest BCUT2D eigenvalue weighted by Crippen LogP contribution is -2.51. The summed E-state index contributed by atoms with van der Waals surface area (Å²) in [6.45, 7) is 5.20. The average Bonchev–Trinajstić information content (AvgIpc) is 2.90. The van der Waals surface area contributed by atoms with Crippen LogP contribution < -0.4 is 9.62 Å². The quantitative estimate of drug-likeness (QED) is 0.285. The minimum Gasteiger partial charge on any atom is -0.354 e. The molecule has 0 fully saturated rings. The van der Waals surface area contributed by atoms with E-state index in [1.807, 2.05) is 13.8 Å². The molecule has 0 aliphatic heterocycles. The number of carbonyl (C=O) groups is 2. The summed E-state index contributed by atoms with van der Waals surface area (Å²) in [5.74, 6) is -0.971.